The fourth-order valence-electron chi connectivity index (χ4n) is 1.95. The topological polar surface area (TPSA) is 29.3 Å². The van der Waals surface area contributed by atoms with E-state index in [-0.39, 0.29) is 10.9 Å². The summed E-state index contributed by atoms with van der Waals surface area (Å²) in [5.74, 6) is 0. The second kappa shape index (κ2) is 5.13. The van der Waals surface area contributed by atoms with Gasteiger partial charge in [-0.15, -0.1) is 0 Å². The van der Waals surface area contributed by atoms with E-state index >= 15 is 0 Å². The number of hydrogen-bond donors (Lipinski definition) is 0. The molecule has 0 unspecified atom stereocenters. The average Bonchev–Trinajstić information content (AvgIpc) is 2.56. The van der Waals surface area contributed by atoms with Crippen LogP contribution < -0.4 is 0 Å². The van der Waals surface area contributed by atoms with Gasteiger partial charge in [-0.1, -0.05) is 29.9 Å². The van der Waals surface area contributed by atoms with Crippen molar-refractivity contribution in [1.29, 1.82) is 0 Å². The lowest BCUT2D eigenvalue weighted by molar-refractivity contribution is -0.480. The Morgan fingerprint density at radius 3 is 2.42 bits per heavy atom. The molecule has 0 radical (unpaired) electrons. The Bertz CT molecular complexity index is 523. The molecule has 3 nitrogen and oxygen atoms in total. The summed E-state index contributed by atoms with van der Waals surface area (Å²) in [6.07, 6.45) is 1.64. The first-order valence-corrected chi connectivity index (χ1v) is 7.42. The van der Waals surface area contributed by atoms with Gasteiger partial charge in [0.05, 0.1) is 0 Å². The maximum absolute atomic E-state index is 12.4. The molecule has 102 valence electrons. The van der Waals surface area contributed by atoms with E-state index in [0.29, 0.717) is 0 Å². The van der Waals surface area contributed by atoms with Gasteiger partial charge in [0, 0.05) is 12.6 Å². The average molecular weight is 294 g/mol. The van der Waals surface area contributed by atoms with E-state index in [1.165, 1.54) is 17.3 Å². The van der Waals surface area contributed by atoms with Crippen molar-refractivity contribution in [2.45, 2.75) is 31.7 Å². The summed E-state index contributed by atoms with van der Waals surface area (Å²) >= 11 is 6.73. The zero-order chi connectivity index (χ0) is 14.2. The molecule has 0 amide bonds. The second-order valence-corrected chi connectivity index (χ2v) is 7.06. The van der Waals surface area contributed by atoms with Gasteiger partial charge in [-0.3, -0.25) is 0 Å². The first kappa shape index (κ1) is 14.3. The zero-order valence-corrected chi connectivity index (χ0v) is 13.2. The van der Waals surface area contributed by atoms with Crippen LogP contribution in [-0.2, 0) is 0 Å². The summed E-state index contributed by atoms with van der Waals surface area (Å²) in [5, 5.41) is 12.1. The van der Waals surface area contributed by atoms with Crippen LogP contribution in [0.5, 0.6) is 0 Å². The van der Waals surface area contributed by atoms with Gasteiger partial charge < -0.3 is 10.1 Å². The molecule has 19 heavy (non-hydrogen) atoms. The number of hydrogen-bond acceptors (Lipinski definition) is 3. The van der Waals surface area contributed by atoms with Crippen molar-refractivity contribution in [3.63, 3.8) is 0 Å². The van der Waals surface area contributed by atoms with Gasteiger partial charge in [0.2, 0.25) is 5.37 Å². The number of thiocarbonyl (C=S) groups is 1. The number of thioether (sulfide) groups is 1. The van der Waals surface area contributed by atoms with E-state index in [2.05, 4.69) is 0 Å². The van der Waals surface area contributed by atoms with Crippen LogP contribution in [0.2, 0.25) is 0 Å². The minimum absolute atomic E-state index is 0.216. The van der Waals surface area contributed by atoms with E-state index in [4.69, 9.17) is 12.2 Å². The van der Waals surface area contributed by atoms with Gasteiger partial charge in [-0.05, 0) is 44.7 Å². The maximum atomic E-state index is 12.4. The van der Waals surface area contributed by atoms with Crippen molar-refractivity contribution in [2.24, 2.45) is 0 Å². The van der Waals surface area contributed by atoms with Crippen molar-refractivity contribution in [3.8, 4) is 0 Å². The predicted octanol–water partition coefficient (Wildman–Crippen LogP) is 2.99. The van der Waals surface area contributed by atoms with Gasteiger partial charge in [-0.25, -0.2) is 0 Å². The van der Waals surface area contributed by atoms with E-state index in [9.17, 15) is 5.21 Å². The Hall–Kier alpha value is -1.07. The molecule has 0 spiro atoms. The highest BCUT2D eigenvalue weighted by molar-refractivity contribution is 8.23. The van der Waals surface area contributed by atoms with Gasteiger partial charge in [-0.2, -0.15) is 4.74 Å². The van der Waals surface area contributed by atoms with Crippen molar-refractivity contribution < 1.29 is 4.74 Å². The van der Waals surface area contributed by atoms with E-state index in [1.807, 2.05) is 57.0 Å². The highest BCUT2D eigenvalue weighted by atomic mass is 32.2. The molecule has 1 fully saturated rings. The summed E-state index contributed by atoms with van der Waals surface area (Å²) in [6, 6.07) is 7.91. The predicted molar refractivity (Wildman–Crippen MR) is 85.8 cm³/mol. The summed E-state index contributed by atoms with van der Waals surface area (Å²) in [4.78, 5) is 1.99. The molecule has 1 aromatic carbocycles. The number of benzene rings is 1. The Kier molecular flexibility index (Phi) is 3.87. The minimum atomic E-state index is -0.273. The van der Waals surface area contributed by atoms with Crippen LogP contribution >= 0.6 is 24.0 Å². The number of hydroxylamine groups is 1. The highest BCUT2D eigenvalue weighted by Crippen LogP contribution is 2.38. The van der Waals surface area contributed by atoms with Gasteiger partial charge >= 0.3 is 0 Å². The van der Waals surface area contributed by atoms with Crippen molar-refractivity contribution >= 4 is 34.5 Å². The third kappa shape index (κ3) is 2.77. The maximum Gasteiger partial charge on any atom is 0.238 e. The molecule has 0 saturated carbocycles. The molecule has 0 N–H and O–H groups in total. The second-order valence-electron chi connectivity index (χ2n) is 5.35. The number of aryl methyl sites for hydroxylation is 1. The quantitative estimate of drug-likeness (QED) is 0.276. The lowest BCUT2D eigenvalue weighted by Crippen LogP contribution is -2.47. The van der Waals surface area contributed by atoms with Crippen molar-refractivity contribution in [2.75, 3.05) is 7.05 Å². The highest BCUT2D eigenvalue weighted by Gasteiger charge is 2.48. The third-order valence-corrected chi connectivity index (χ3v) is 5.59. The number of rotatable bonds is 2. The number of likely N-dealkylation sites (N-methyl/N-ethyl adjacent to an activating group) is 1. The van der Waals surface area contributed by atoms with E-state index in [1.54, 1.807) is 6.21 Å². The summed E-state index contributed by atoms with van der Waals surface area (Å²) in [7, 11) is 1.94. The Balaban J connectivity index is 2.27. The lowest BCUT2D eigenvalue weighted by atomic mass is 10.0. The normalized spacial score (nSPS) is 22.9. The standard InChI is InChI=1S/C14H18N2OS2/c1-10-5-7-11(8-6-10)9-16(17)12-14(2,3)15(4)13(18)19-12/h5-9,12H,1-4H3/b16-9+/t12-/m1/s1. The molecule has 1 aliphatic heterocycles. The fourth-order valence-corrected chi connectivity index (χ4v) is 3.65. The van der Waals surface area contributed by atoms with Crippen molar-refractivity contribution in [3.05, 3.63) is 40.6 Å². The largest absolute Gasteiger partial charge is 0.623 e. The molecule has 1 aliphatic rings. The molecular weight excluding hydrogens is 276 g/mol. The summed E-state index contributed by atoms with van der Waals surface area (Å²) in [5.41, 5.74) is 1.83. The lowest BCUT2D eigenvalue weighted by Gasteiger charge is -2.30. The first-order chi connectivity index (χ1) is 8.82. The Morgan fingerprint density at radius 1 is 1.37 bits per heavy atom. The van der Waals surface area contributed by atoms with Crippen LogP contribution in [-0.4, -0.2) is 38.1 Å². The monoisotopic (exact) mass is 294 g/mol. The fraction of sp³-hybridized carbons (Fsp3) is 0.429. The molecule has 2 rings (SSSR count). The van der Waals surface area contributed by atoms with E-state index < -0.39 is 0 Å². The van der Waals surface area contributed by atoms with Crippen molar-refractivity contribution in [1.82, 2.24) is 4.90 Å². The Morgan fingerprint density at radius 2 is 1.95 bits per heavy atom. The third-order valence-electron chi connectivity index (χ3n) is 3.54. The van der Waals surface area contributed by atoms with Gasteiger partial charge in [0.25, 0.3) is 0 Å². The zero-order valence-electron chi connectivity index (χ0n) is 11.6. The first-order valence-electron chi connectivity index (χ1n) is 6.14. The smallest absolute Gasteiger partial charge is 0.238 e. The summed E-state index contributed by atoms with van der Waals surface area (Å²) < 4.78 is 1.79. The van der Waals surface area contributed by atoms with Crippen LogP contribution in [0.4, 0.5) is 0 Å². The van der Waals surface area contributed by atoms with Crippen LogP contribution in [0.25, 0.3) is 0 Å². The minimum Gasteiger partial charge on any atom is -0.623 e. The Labute approximate surface area is 123 Å². The van der Waals surface area contributed by atoms with Crippen LogP contribution in [0.3, 0.4) is 0 Å². The van der Waals surface area contributed by atoms with Gasteiger partial charge in [0.15, 0.2) is 6.21 Å². The van der Waals surface area contributed by atoms with Crippen LogP contribution in [0.15, 0.2) is 24.3 Å². The van der Waals surface area contributed by atoms with E-state index in [0.717, 1.165) is 14.6 Å². The molecular formula is C14H18N2OS2. The molecule has 0 bridgehead atoms. The van der Waals surface area contributed by atoms with Crippen LogP contribution in [0, 0.1) is 12.1 Å². The SMILES string of the molecule is Cc1ccc(/C=[N+](/[O-])[C@@H]2SC(=S)N(C)C2(C)C)cc1. The molecule has 0 aliphatic carbocycles. The van der Waals surface area contributed by atoms with Gasteiger partial charge in [0.1, 0.15) is 9.86 Å². The molecule has 1 saturated heterocycles. The molecule has 5 heteroatoms. The number of nitrogens with zero attached hydrogens (tertiary/aromatic N) is 2. The van der Waals surface area contributed by atoms with Crippen LogP contribution in [0.1, 0.15) is 25.0 Å². The summed E-state index contributed by atoms with van der Waals surface area (Å²) in [6.45, 7) is 6.11. The molecule has 0 aromatic heterocycles. The molecule has 1 aromatic rings. The molecule has 1 atom stereocenters. The molecule has 1 heterocycles.